The molecule has 0 saturated carbocycles. The number of nitrogens with zero attached hydrogens (tertiary/aromatic N) is 1. The van der Waals surface area contributed by atoms with E-state index >= 15 is 0 Å². The van der Waals surface area contributed by atoms with Gasteiger partial charge >= 0.3 is 0 Å². The zero-order valence-corrected chi connectivity index (χ0v) is 19.6. The lowest BCUT2D eigenvalue weighted by atomic mass is 9.89. The summed E-state index contributed by atoms with van der Waals surface area (Å²) < 4.78 is 21.7. The SMILES string of the molecule is CCOc1cc(C)c([C@@H]2C[C@H](c3ccc(OCOCCOC)cc3)N(CC=O)C2)cc1C. The normalized spacial score (nSPS) is 18.6. The summed E-state index contributed by atoms with van der Waals surface area (Å²) in [5.74, 6) is 2.09. The predicted molar refractivity (Wildman–Crippen MR) is 125 cm³/mol. The molecule has 2 aromatic carbocycles. The maximum Gasteiger partial charge on any atom is 0.189 e. The molecule has 3 rings (SSSR count). The molecule has 1 aliphatic heterocycles. The number of carbonyl (C=O) groups is 1. The van der Waals surface area contributed by atoms with Crippen molar-refractivity contribution in [3.63, 3.8) is 0 Å². The van der Waals surface area contributed by atoms with E-state index in [1.165, 1.54) is 16.7 Å². The maximum absolute atomic E-state index is 11.4. The van der Waals surface area contributed by atoms with Gasteiger partial charge < -0.3 is 23.7 Å². The van der Waals surface area contributed by atoms with Crippen molar-refractivity contribution >= 4 is 6.29 Å². The quantitative estimate of drug-likeness (QED) is 0.276. The van der Waals surface area contributed by atoms with Gasteiger partial charge in [0.1, 0.15) is 17.8 Å². The minimum atomic E-state index is 0.196. The summed E-state index contributed by atoms with van der Waals surface area (Å²) in [5, 5.41) is 0. The Bertz CT molecular complexity index is 867. The summed E-state index contributed by atoms with van der Waals surface area (Å²) in [6, 6.07) is 12.7. The van der Waals surface area contributed by atoms with E-state index in [1.54, 1.807) is 7.11 Å². The van der Waals surface area contributed by atoms with Crippen molar-refractivity contribution in [2.75, 3.05) is 46.8 Å². The van der Waals surface area contributed by atoms with Crippen molar-refractivity contribution in [3.05, 3.63) is 58.7 Å². The number of hydrogen-bond donors (Lipinski definition) is 0. The molecule has 0 spiro atoms. The van der Waals surface area contributed by atoms with E-state index in [2.05, 4.69) is 43.0 Å². The fraction of sp³-hybridized carbons (Fsp3) is 0.500. The van der Waals surface area contributed by atoms with Gasteiger partial charge in [0.2, 0.25) is 0 Å². The van der Waals surface area contributed by atoms with E-state index in [1.807, 2.05) is 19.1 Å². The van der Waals surface area contributed by atoms with Crippen LogP contribution in [0.25, 0.3) is 0 Å². The molecule has 6 heteroatoms. The summed E-state index contributed by atoms with van der Waals surface area (Å²) in [6.45, 7) is 9.46. The summed E-state index contributed by atoms with van der Waals surface area (Å²) in [7, 11) is 1.64. The second-order valence-corrected chi connectivity index (χ2v) is 8.21. The molecule has 1 fully saturated rings. The Labute approximate surface area is 191 Å². The number of aldehydes is 1. The molecule has 2 atom stereocenters. The van der Waals surface area contributed by atoms with Crippen LogP contribution < -0.4 is 9.47 Å². The fourth-order valence-electron chi connectivity index (χ4n) is 4.43. The highest BCUT2D eigenvalue weighted by Gasteiger charge is 2.34. The van der Waals surface area contributed by atoms with Crippen LogP contribution in [-0.2, 0) is 14.3 Å². The van der Waals surface area contributed by atoms with Crippen molar-refractivity contribution in [2.24, 2.45) is 0 Å². The standard InChI is InChI=1S/C26H35NO5/c1-5-31-26-15-19(2)24(14-20(26)3)22-16-25(27(17-22)10-11-28)21-6-8-23(9-7-21)32-18-30-13-12-29-4/h6-9,11,14-15,22,25H,5,10,12-13,16-18H2,1-4H3/t22-,25-/m1/s1. The van der Waals surface area contributed by atoms with Gasteiger partial charge in [-0.15, -0.1) is 0 Å². The number of aryl methyl sites for hydroxylation is 2. The number of ether oxygens (including phenoxy) is 4. The highest BCUT2D eigenvalue weighted by atomic mass is 16.7. The van der Waals surface area contributed by atoms with Gasteiger partial charge in [0.05, 0.1) is 26.4 Å². The molecule has 0 aliphatic carbocycles. The first-order chi connectivity index (χ1) is 15.6. The second kappa shape index (κ2) is 12.0. The van der Waals surface area contributed by atoms with Crippen molar-refractivity contribution in [1.82, 2.24) is 4.90 Å². The molecule has 0 aromatic heterocycles. The van der Waals surface area contributed by atoms with Crippen LogP contribution >= 0.6 is 0 Å². The van der Waals surface area contributed by atoms with Gasteiger partial charge in [0, 0.05) is 19.7 Å². The minimum Gasteiger partial charge on any atom is -0.494 e. The third-order valence-corrected chi connectivity index (χ3v) is 6.02. The van der Waals surface area contributed by atoms with Crippen LogP contribution in [0.4, 0.5) is 0 Å². The van der Waals surface area contributed by atoms with Crippen molar-refractivity contribution < 1.29 is 23.7 Å². The van der Waals surface area contributed by atoms with E-state index in [9.17, 15) is 4.79 Å². The van der Waals surface area contributed by atoms with E-state index < -0.39 is 0 Å². The van der Waals surface area contributed by atoms with Crippen molar-refractivity contribution in [1.29, 1.82) is 0 Å². The smallest absolute Gasteiger partial charge is 0.189 e. The lowest BCUT2D eigenvalue weighted by Crippen LogP contribution is -2.25. The number of benzene rings is 2. The molecule has 32 heavy (non-hydrogen) atoms. The van der Waals surface area contributed by atoms with Gasteiger partial charge in [-0.2, -0.15) is 0 Å². The van der Waals surface area contributed by atoms with E-state index in [0.717, 1.165) is 36.3 Å². The predicted octanol–water partition coefficient (Wildman–Crippen LogP) is 4.43. The van der Waals surface area contributed by atoms with Crippen LogP contribution in [0, 0.1) is 13.8 Å². The van der Waals surface area contributed by atoms with Crippen LogP contribution in [0.15, 0.2) is 36.4 Å². The summed E-state index contributed by atoms with van der Waals surface area (Å²) in [6.07, 6.45) is 1.98. The third kappa shape index (κ3) is 6.09. The fourth-order valence-corrected chi connectivity index (χ4v) is 4.43. The highest BCUT2D eigenvalue weighted by molar-refractivity contribution is 5.53. The van der Waals surface area contributed by atoms with Crippen LogP contribution in [0.2, 0.25) is 0 Å². The number of rotatable bonds is 12. The Balaban J connectivity index is 1.70. The molecule has 0 amide bonds. The molecule has 0 bridgehead atoms. The van der Waals surface area contributed by atoms with Gasteiger partial charge in [-0.3, -0.25) is 4.90 Å². The van der Waals surface area contributed by atoms with Crippen LogP contribution in [0.3, 0.4) is 0 Å². The maximum atomic E-state index is 11.4. The molecule has 0 unspecified atom stereocenters. The van der Waals surface area contributed by atoms with Crippen molar-refractivity contribution in [3.8, 4) is 11.5 Å². The number of likely N-dealkylation sites (tertiary alicyclic amines) is 1. The molecule has 6 nitrogen and oxygen atoms in total. The monoisotopic (exact) mass is 441 g/mol. The van der Waals surface area contributed by atoms with Gasteiger partial charge in [0.25, 0.3) is 0 Å². The van der Waals surface area contributed by atoms with E-state index in [-0.39, 0.29) is 12.8 Å². The minimum absolute atomic E-state index is 0.196. The van der Waals surface area contributed by atoms with Crippen molar-refractivity contribution in [2.45, 2.75) is 39.2 Å². The molecule has 1 saturated heterocycles. The Morgan fingerprint density at radius 1 is 1.06 bits per heavy atom. The first-order valence-corrected chi connectivity index (χ1v) is 11.3. The topological polar surface area (TPSA) is 57.2 Å². The Hall–Kier alpha value is -2.41. The molecule has 174 valence electrons. The summed E-state index contributed by atoms with van der Waals surface area (Å²) in [4.78, 5) is 13.6. The highest BCUT2D eigenvalue weighted by Crippen LogP contribution is 2.42. The van der Waals surface area contributed by atoms with Crippen LogP contribution in [0.5, 0.6) is 11.5 Å². The zero-order chi connectivity index (χ0) is 22.9. The lowest BCUT2D eigenvalue weighted by Gasteiger charge is -2.22. The van der Waals surface area contributed by atoms with E-state index in [4.69, 9.17) is 18.9 Å². The van der Waals surface area contributed by atoms with Gasteiger partial charge in [-0.05, 0) is 73.6 Å². The average molecular weight is 442 g/mol. The number of carbonyl (C=O) groups excluding carboxylic acids is 1. The number of hydrogen-bond acceptors (Lipinski definition) is 6. The Kier molecular flexibility index (Phi) is 9.09. The van der Waals surface area contributed by atoms with Gasteiger partial charge in [0.15, 0.2) is 6.79 Å². The largest absolute Gasteiger partial charge is 0.494 e. The summed E-state index contributed by atoms with van der Waals surface area (Å²) >= 11 is 0. The molecular weight excluding hydrogens is 406 g/mol. The third-order valence-electron chi connectivity index (χ3n) is 6.02. The first-order valence-electron chi connectivity index (χ1n) is 11.3. The first kappa shape index (κ1) is 24.2. The molecule has 2 aromatic rings. The van der Waals surface area contributed by atoms with Gasteiger partial charge in [-0.25, -0.2) is 0 Å². The Morgan fingerprint density at radius 2 is 1.84 bits per heavy atom. The molecular formula is C26H35NO5. The van der Waals surface area contributed by atoms with Gasteiger partial charge in [-0.1, -0.05) is 18.2 Å². The van der Waals surface area contributed by atoms with E-state index in [0.29, 0.717) is 32.3 Å². The molecule has 0 radical (unpaired) electrons. The number of methoxy groups -OCH3 is 1. The average Bonchev–Trinajstić information content (AvgIpc) is 3.20. The molecule has 0 N–H and O–H groups in total. The van der Waals surface area contributed by atoms with Crippen LogP contribution in [-0.4, -0.2) is 58.0 Å². The summed E-state index contributed by atoms with van der Waals surface area (Å²) in [5.41, 5.74) is 4.94. The second-order valence-electron chi connectivity index (χ2n) is 8.21. The zero-order valence-electron chi connectivity index (χ0n) is 19.6. The lowest BCUT2D eigenvalue weighted by molar-refractivity contribution is -0.109. The molecule has 1 aliphatic rings. The van der Waals surface area contributed by atoms with Crippen LogP contribution in [0.1, 0.15) is 47.6 Å². The Morgan fingerprint density at radius 3 is 2.53 bits per heavy atom. The molecule has 1 heterocycles.